The third-order valence-corrected chi connectivity index (χ3v) is 3.99. The molecule has 2 aromatic carbocycles. The molecular weight excluding hydrogens is 314 g/mol. The molecule has 0 saturated carbocycles. The summed E-state index contributed by atoms with van der Waals surface area (Å²) >= 11 is 0. The van der Waals surface area contributed by atoms with Gasteiger partial charge in [0.1, 0.15) is 11.5 Å². The lowest BCUT2D eigenvalue weighted by Crippen LogP contribution is -2.32. The van der Waals surface area contributed by atoms with Crippen LogP contribution in [0.15, 0.2) is 42.5 Å². The summed E-state index contributed by atoms with van der Waals surface area (Å²) in [7, 11) is 0. The molecule has 25 heavy (non-hydrogen) atoms. The lowest BCUT2D eigenvalue weighted by atomic mass is 10.1. The average molecular weight is 341 g/mol. The Hall–Kier alpha value is -2.49. The van der Waals surface area contributed by atoms with Gasteiger partial charge in [0.2, 0.25) is 0 Å². The number of para-hydroxylation sites is 2. The van der Waals surface area contributed by atoms with E-state index < -0.39 is 6.10 Å². The molecule has 0 aromatic heterocycles. The van der Waals surface area contributed by atoms with Crippen LogP contribution in [-0.2, 0) is 4.79 Å². The fourth-order valence-electron chi connectivity index (χ4n) is 2.47. The number of carbonyl (C=O) groups excluding carboxylic acids is 1. The van der Waals surface area contributed by atoms with Crippen LogP contribution in [0, 0.1) is 13.8 Å². The summed E-state index contributed by atoms with van der Waals surface area (Å²) in [5.74, 6) is 1.23. The maximum Gasteiger partial charge on any atom is 0.265 e. The second-order valence-electron chi connectivity index (χ2n) is 6.36. The molecule has 1 atom stereocenters. The van der Waals surface area contributed by atoms with Gasteiger partial charge in [0, 0.05) is 0 Å². The lowest BCUT2D eigenvalue weighted by Gasteiger charge is -2.20. The maximum atomic E-state index is 12.7. The van der Waals surface area contributed by atoms with Gasteiger partial charge in [0.25, 0.3) is 5.91 Å². The number of carbonyl (C=O) groups is 1. The summed E-state index contributed by atoms with van der Waals surface area (Å²) in [6.45, 7) is 9.88. The van der Waals surface area contributed by atoms with Crippen LogP contribution in [0.2, 0.25) is 0 Å². The second kappa shape index (κ2) is 8.56. The highest BCUT2D eigenvalue weighted by Crippen LogP contribution is 2.26. The zero-order valence-corrected chi connectivity index (χ0v) is 15.6. The predicted molar refractivity (Wildman–Crippen MR) is 101 cm³/mol. The number of rotatable bonds is 7. The molecule has 1 N–H and O–H groups in total. The highest BCUT2D eigenvalue weighted by Gasteiger charge is 2.21. The minimum atomic E-state index is -0.562. The van der Waals surface area contributed by atoms with Gasteiger partial charge in [0.05, 0.1) is 11.8 Å². The molecule has 2 rings (SSSR count). The van der Waals surface area contributed by atoms with E-state index in [9.17, 15) is 4.79 Å². The Balaban J connectivity index is 2.14. The SMILES string of the molecule is CCC(Oc1cccc(C)c1C)C(=O)Nc1ccccc1OC(C)C. The zero-order valence-electron chi connectivity index (χ0n) is 15.6. The molecule has 0 bridgehead atoms. The minimum absolute atomic E-state index is 0.0335. The van der Waals surface area contributed by atoms with E-state index >= 15 is 0 Å². The van der Waals surface area contributed by atoms with Crippen molar-refractivity contribution < 1.29 is 14.3 Å². The number of anilines is 1. The standard InChI is InChI=1S/C21H27NO3/c1-6-18(25-19-13-9-10-15(4)16(19)5)21(23)22-17-11-7-8-12-20(17)24-14(2)3/h7-14,18H,6H2,1-5H3,(H,22,23). The summed E-state index contributed by atoms with van der Waals surface area (Å²) in [5.41, 5.74) is 2.85. The molecule has 1 unspecified atom stereocenters. The number of benzene rings is 2. The fourth-order valence-corrected chi connectivity index (χ4v) is 2.47. The van der Waals surface area contributed by atoms with Crippen LogP contribution < -0.4 is 14.8 Å². The number of aryl methyl sites for hydroxylation is 1. The van der Waals surface area contributed by atoms with E-state index in [1.165, 1.54) is 0 Å². The van der Waals surface area contributed by atoms with Crippen molar-refractivity contribution >= 4 is 11.6 Å². The Labute approximate surface area is 150 Å². The molecule has 0 aliphatic rings. The first-order valence-electron chi connectivity index (χ1n) is 8.71. The van der Waals surface area contributed by atoms with Crippen LogP contribution in [-0.4, -0.2) is 18.1 Å². The third kappa shape index (κ3) is 4.99. The van der Waals surface area contributed by atoms with Crippen molar-refractivity contribution in [1.29, 1.82) is 0 Å². The van der Waals surface area contributed by atoms with Crippen LogP contribution in [0.1, 0.15) is 38.3 Å². The third-order valence-electron chi connectivity index (χ3n) is 3.99. The Morgan fingerprint density at radius 2 is 1.68 bits per heavy atom. The maximum absolute atomic E-state index is 12.7. The van der Waals surface area contributed by atoms with Crippen molar-refractivity contribution in [2.45, 2.75) is 53.2 Å². The molecule has 134 valence electrons. The van der Waals surface area contributed by atoms with Gasteiger partial charge in [-0.25, -0.2) is 0 Å². The van der Waals surface area contributed by atoms with E-state index in [2.05, 4.69) is 5.32 Å². The lowest BCUT2D eigenvalue weighted by molar-refractivity contribution is -0.122. The molecule has 2 aromatic rings. The number of hydrogen-bond acceptors (Lipinski definition) is 3. The smallest absolute Gasteiger partial charge is 0.265 e. The molecule has 0 fully saturated rings. The number of ether oxygens (including phenoxy) is 2. The van der Waals surface area contributed by atoms with Crippen LogP contribution in [0.3, 0.4) is 0 Å². The van der Waals surface area contributed by atoms with Crippen molar-refractivity contribution in [3.05, 3.63) is 53.6 Å². The second-order valence-corrected chi connectivity index (χ2v) is 6.36. The monoisotopic (exact) mass is 341 g/mol. The largest absolute Gasteiger partial charge is 0.489 e. The van der Waals surface area contributed by atoms with Gasteiger partial charge >= 0.3 is 0 Å². The molecule has 1 amide bonds. The first-order chi connectivity index (χ1) is 11.9. The van der Waals surface area contributed by atoms with Crippen LogP contribution in [0.5, 0.6) is 11.5 Å². The molecule has 0 aliphatic carbocycles. The Morgan fingerprint density at radius 1 is 1.00 bits per heavy atom. The van der Waals surface area contributed by atoms with E-state index in [0.717, 1.165) is 16.9 Å². The Kier molecular flexibility index (Phi) is 6.45. The van der Waals surface area contributed by atoms with Gasteiger partial charge in [-0.05, 0) is 63.4 Å². The number of hydrogen-bond donors (Lipinski definition) is 1. The normalized spacial score (nSPS) is 11.9. The molecule has 0 aliphatic heterocycles. The van der Waals surface area contributed by atoms with E-state index in [1.807, 2.05) is 77.1 Å². The number of nitrogens with one attached hydrogen (secondary N) is 1. The summed E-state index contributed by atoms with van der Waals surface area (Å²) in [4.78, 5) is 12.7. The summed E-state index contributed by atoms with van der Waals surface area (Å²) in [6, 6.07) is 13.3. The highest BCUT2D eigenvalue weighted by atomic mass is 16.5. The van der Waals surface area contributed by atoms with Crippen molar-refractivity contribution in [2.75, 3.05) is 5.32 Å². The van der Waals surface area contributed by atoms with E-state index in [0.29, 0.717) is 17.9 Å². The molecule has 0 spiro atoms. The average Bonchev–Trinajstić information content (AvgIpc) is 2.57. The Morgan fingerprint density at radius 3 is 2.36 bits per heavy atom. The zero-order chi connectivity index (χ0) is 18.4. The van der Waals surface area contributed by atoms with Gasteiger partial charge in [0.15, 0.2) is 6.10 Å². The summed E-state index contributed by atoms with van der Waals surface area (Å²) in [6.07, 6.45) is 0.0469. The molecule has 0 saturated heterocycles. The quantitative estimate of drug-likeness (QED) is 0.780. The summed E-state index contributed by atoms with van der Waals surface area (Å²) < 4.78 is 11.7. The molecule has 0 radical (unpaired) electrons. The van der Waals surface area contributed by atoms with Gasteiger partial charge < -0.3 is 14.8 Å². The van der Waals surface area contributed by atoms with Crippen molar-refractivity contribution in [2.24, 2.45) is 0 Å². The van der Waals surface area contributed by atoms with Crippen molar-refractivity contribution in [3.8, 4) is 11.5 Å². The van der Waals surface area contributed by atoms with Crippen LogP contribution >= 0.6 is 0 Å². The first-order valence-corrected chi connectivity index (χ1v) is 8.71. The van der Waals surface area contributed by atoms with E-state index in [-0.39, 0.29) is 12.0 Å². The molecule has 0 heterocycles. The molecule has 4 heteroatoms. The summed E-state index contributed by atoms with van der Waals surface area (Å²) in [5, 5.41) is 2.93. The fraction of sp³-hybridized carbons (Fsp3) is 0.381. The topological polar surface area (TPSA) is 47.6 Å². The van der Waals surface area contributed by atoms with Crippen molar-refractivity contribution in [1.82, 2.24) is 0 Å². The van der Waals surface area contributed by atoms with Gasteiger partial charge in [-0.3, -0.25) is 4.79 Å². The highest BCUT2D eigenvalue weighted by molar-refractivity contribution is 5.95. The van der Waals surface area contributed by atoms with Crippen LogP contribution in [0.4, 0.5) is 5.69 Å². The van der Waals surface area contributed by atoms with E-state index in [4.69, 9.17) is 9.47 Å². The van der Waals surface area contributed by atoms with Crippen molar-refractivity contribution in [3.63, 3.8) is 0 Å². The number of amides is 1. The molecule has 4 nitrogen and oxygen atoms in total. The minimum Gasteiger partial charge on any atom is -0.489 e. The predicted octanol–water partition coefficient (Wildman–Crippen LogP) is 4.89. The van der Waals surface area contributed by atoms with E-state index in [1.54, 1.807) is 0 Å². The Bertz CT molecular complexity index is 725. The van der Waals surface area contributed by atoms with Gasteiger partial charge in [-0.2, -0.15) is 0 Å². The molecular formula is C21H27NO3. The van der Waals surface area contributed by atoms with Crippen LogP contribution in [0.25, 0.3) is 0 Å². The van der Waals surface area contributed by atoms with Gasteiger partial charge in [-0.15, -0.1) is 0 Å². The first kappa shape index (κ1) is 18.8. The van der Waals surface area contributed by atoms with Gasteiger partial charge in [-0.1, -0.05) is 31.2 Å².